The fourth-order valence-corrected chi connectivity index (χ4v) is 5.45. The molecular formula is C40H53N3O8. The Morgan fingerprint density at radius 2 is 1.33 bits per heavy atom. The maximum absolute atomic E-state index is 14.9. The number of amides is 3. The molecule has 4 atom stereocenters. The molecule has 3 aromatic carbocycles. The minimum atomic E-state index is -1.30. The summed E-state index contributed by atoms with van der Waals surface area (Å²) in [7, 11) is 0. The van der Waals surface area contributed by atoms with Gasteiger partial charge < -0.3 is 35.2 Å². The average molecular weight is 704 g/mol. The van der Waals surface area contributed by atoms with Gasteiger partial charge in [-0.05, 0) is 108 Å². The largest absolute Gasteiger partial charge is 0.508 e. The molecule has 3 amide bonds. The number of ether oxygens (including phenoxy) is 2. The Morgan fingerprint density at radius 1 is 0.765 bits per heavy atom. The Bertz CT molecular complexity index is 1640. The van der Waals surface area contributed by atoms with Crippen LogP contribution in [0.25, 0.3) is 0 Å². The molecule has 0 spiro atoms. The Balaban J connectivity index is 2.16. The van der Waals surface area contributed by atoms with Crippen molar-refractivity contribution in [2.75, 3.05) is 0 Å². The summed E-state index contributed by atoms with van der Waals surface area (Å²) in [6, 6.07) is 15.9. The molecule has 0 aliphatic rings. The van der Waals surface area contributed by atoms with Crippen LogP contribution >= 0.6 is 0 Å². The number of esters is 1. The molecule has 4 N–H and O–H groups in total. The molecule has 0 bridgehead atoms. The fourth-order valence-electron chi connectivity index (χ4n) is 5.45. The molecule has 3 aromatic rings. The normalized spacial score (nSPS) is 14.0. The van der Waals surface area contributed by atoms with Gasteiger partial charge in [-0.3, -0.25) is 9.59 Å². The minimum absolute atomic E-state index is 0.00633. The molecule has 11 heteroatoms. The second kappa shape index (κ2) is 17.2. The predicted octanol–water partition coefficient (Wildman–Crippen LogP) is 6.28. The van der Waals surface area contributed by atoms with Gasteiger partial charge in [-0.1, -0.05) is 55.5 Å². The van der Waals surface area contributed by atoms with Gasteiger partial charge in [-0.25, -0.2) is 9.59 Å². The van der Waals surface area contributed by atoms with E-state index in [1.54, 1.807) is 79.7 Å². The van der Waals surface area contributed by atoms with Crippen LogP contribution in [0.3, 0.4) is 0 Å². The molecule has 0 saturated carbocycles. The second-order valence-electron chi connectivity index (χ2n) is 14.8. The van der Waals surface area contributed by atoms with Crippen molar-refractivity contribution in [1.82, 2.24) is 15.5 Å². The number of carbonyl (C=O) groups excluding carboxylic acids is 4. The van der Waals surface area contributed by atoms with Crippen molar-refractivity contribution in [3.63, 3.8) is 0 Å². The lowest BCUT2D eigenvalue weighted by Gasteiger charge is -2.39. The highest BCUT2D eigenvalue weighted by atomic mass is 16.6. The number of nitrogens with zero attached hydrogens (tertiary/aromatic N) is 1. The standard InChI is InChI=1S/C40H53N3O8/c1-10-26(3)43(36(47)31(42-38(49)51-40(7,8)9)23-28-16-19-30(44)20-17-28)34(29-18-21-33(45)25(2)22-29)35(46)41-32(37(48)50-39(4,5)6)24-27-14-12-11-13-15-27/h11-22,26,31-32,34,44-45H,10,23-24H2,1-9H3,(H,41,46)(H,42,49). The third-order valence-electron chi connectivity index (χ3n) is 8.04. The molecule has 276 valence electrons. The molecule has 4 unspecified atom stereocenters. The number of hydrogen-bond acceptors (Lipinski definition) is 8. The van der Waals surface area contributed by atoms with Gasteiger partial charge >= 0.3 is 12.1 Å². The van der Waals surface area contributed by atoms with Gasteiger partial charge in [0, 0.05) is 18.9 Å². The molecule has 0 aromatic heterocycles. The number of phenolic OH excluding ortho intramolecular Hbond substituents is 2. The molecule has 3 rings (SSSR count). The van der Waals surface area contributed by atoms with E-state index >= 15 is 0 Å². The van der Waals surface area contributed by atoms with E-state index in [9.17, 15) is 29.4 Å². The van der Waals surface area contributed by atoms with Crippen molar-refractivity contribution in [2.24, 2.45) is 0 Å². The summed E-state index contributed by atoms with van der Waals surface area (Å²) in [6.45, 7) is 15.7. The molecule has 0 aliphatic carbocycles. The Kier molecular flexibility index (Phi) is 13.6. The summed E-state index contributed by atoms with van der Waals surface area (Å²) in [4.78, 5) is 57.7. The van der Waals surface area contributed by atoms with Crippen LogP contribution in [0.15, 0.2) is 72.8 Å². The number of aromatic hydroxyl groups is 2. The number of nitrogens with one attached hydrogen (secondary N) is 2. The predicted molar refractivity (Wildman–Crippen MR) is 195 cm³/mol. The van der Waals surface area contributed by atoms with E-state index in [0.29, 0.717) is 23.1 Å². The van der Waals surface area contributed by atoms with Gasteiger partial charge in [0.1, 0.15) is 40.8 Å². The third kappa shape index (κ3) is 12.3. The van der Waals surface area contributed by atoms with Crippen molar-refractivity contribution >= 4 is 23.9 Å². The summed E-state index contributed by atoms with van der Waals surface area (Å²) < 4.78 is 11.2. The molecule has 0 radical (unpaired) electrons. The Hall–Kier alpha value is -5.06. The maximum atomic E-state index is 14.9. The number of benzene rings is 3. The van der Waals surface area contributed by atoms with Crippen LogP contribution in [-0.4, -0.2) is 68.3 Å². The number of hydrogen-bond donors (Lipinski definition) is 4. The van der Waals surface area contributed by atoms with Crippen LogP contribution in [0.4, 0.5) is 4.79 Å². The van der Waals surface area contributed by atoms with Gasteiger partial charge in [0.25, 0.3) is 0 Å². The summed E-state index contributed by atoms with van der Waals surface area (Å²) in [6.07, 6.45) is -0.241. The van der Waals surface area contributed by atoms with Crippen molar-refractivity contribution in [2.45, 2.75) is 117 Å². The van der Waals surface area contributed by atoms with Gasteiger partial charge in [-0.2, -0.15) is 0 Å². The SMILES string of the molecule is CCC(C)N(C(=O)C(Cc1ccc(O)cc1)NC(=O)OC(C)(C)C)C(C(=O)NC(Cc1ccccc1)C(=O)OC(C)(C)C)c1ccc(O)c(C)c1. The summed E-state index contributed by atoms with van der Waals surface area (Å²) >= 11 is 0. The van der Waals surface area contributed by atoms with Gasteiger partial charge in [-0.15, -0.1) is 0 Å². The van der Waals surface area contributed by atoms with Crippen LogP contribution in [-0.2, 0) is 36.7 Å². The minimum Gasteiger partial charge on any atom is -0.508 e. The number of alkyl carbamates (subject to hydrolysis) is 1. The van der Waals surface area contributed by atoms with E-state index in [4.69, 9.17) is 9.47 Å². The molecule has 0 fully saturated rings. The van der Waals surface area contributed by atoms with Crippen LogP contribution in [0.1, 0.15) is 90.1 Å². The van der Waals surface area contributed by atoms with E-state index < -0.39 is 59.2 Å². The zero-order valence-electron chi connectivity index (χ0n) is 31.2. The number of phenols is 2. The Morgan fingerprint density at radius 3 is 1.88 bits per heavy atom. The van der Waals surface area contributed by atoms with E-state index in [-0.39, 0.29) is 24.3 Å². The van der Waals surface area contributed by atoms with Crippen LogP contribution in [0.2, 0.25) is 0 Å². The summed E-state index contributed by atoms with van der Waals surface area (Å²) in [5, 5.41) is 25.9. The zero-order chi connectivity index (χ0) is 38.1. The lowest BCUT2D eigenvalue weighted by atomic mass is 9.96. The fraction of sp³-hybridized carbons (Fsp3) is 0.450. The quantitative estimate of drug-likeness (QED) is 0.152. The first-order valence-corrected chi connectivity index (χ1v) is 17.2. The van der Waals surface area contributed by atoms with Crippen molar-refractivity contribution in [3.8, 4) is 11.5 Å². The number of carbonyl (C=O) groups is 4. The highest BCUT2D eigenvalue weighted by Gasteiger charge is 2.40. The maximum Gasteiger partial charge on any atom is 0.408 e. The molecule has 0 heterocycles. The number of aryl methyl sites for hydroxylation is 1. The van der Waals surface area contributed by atoms with Crippen LogP contribution in [0, 0.1) is 6.92 Å². The summed E-state index contributed by atoms with van der Waals surface area (Å²) in [5.74, 6) is -1.82. The topological polar surface area (TPSA) is 154 Å². The lowest BCUT2D eigenvalue weighted by molar-refractivity contribution is -0.159. The molecular weight excluding hydrogens is 650 g/mol. The first-order valence-electron chi connectivity index (χ1n) is 17.2. The second-order valence-corrected chi connectivity index (χ2v) is 14.8. The zero-order valence-corrected chi connectivity index (χ0v) is 31.2. The smallest absolute Gasteiger partial charge is 0.408 e. The molecule has 0 saturated heterocycles. The van der Waals surface area contributed by atoms with E-state index in [1.807, 2.05) is 37.3 Å². The third-order valence-corrected chi connectivity index (χ3v) is 8.04. The number of rotatable bonds is 13. The lowest BCUT2D eigenvalue weighted by Crippen LogP contribution is -2.57. The van der Waals surface area contributed by atoms with Crippen LogP contribution < -0.4 is 10.6 Å². The van der Waals surface area contributed by atoms with Crippen molar-refractivity contribution in [1.29, 1.82) is 0 Å². The average Bonchev–Trinajstić information content (AvgIpc) is 3.03. The summed E-state index contributed by atoms with van der Waals surface area (Å²) in [5.41, 5.74) is 0.602. The van der Waals surface area contributed by atoms with E-state index in [0.717, 1.165) is 5.56 Å². The first kappa shape index (κ1) is 40.4. The van der Waals surface area contributed by atoms with Crippen molar-refractivity contribution < 1.29 is 38.9 Å². The highest BCUT2D eigenvalue weighted by Crippen LogP contribution is 2.30. The van der Waals surface area contributed by atoms with E-state index in [2.05, 4.69) is 10.6 Å². The van der Waals surface area contributed by atoms with Crippen LogP contribution in [0.5, 0.6) is 11.5 Å². The van der Waals surface area contributed by atoms with Gasteiger partial charge in [0.05, 0.1) is 0 Å². The molecule has 51 heavy (non-hydrogen) atoms. The van der Waals surface area contributed by atoms with Crippen molar-refractivity contribution in [3.05, 3.63) is 95.1 Å². The molecule has 0 aliphatic heterocycles. The van der Waals surface area contributed by atoms with Gasteiger partial charge in [0.15, 0.2) is 0 Å². The highest BCUT2D eigenvalue weighted by molar-refractivity contribution is 5.94. The first-order chi connectivity index (χ1) is 23.8. The Labute approximate surface area is 301 Å². The van der Waals surface area contributed by atoms with E-state index in [1.165, 1.54) is 23.1 Å². The monoisotopic (exact) mass is 703 g/mol. The molecule has 11 nitrogen and oxygen atoms in total. The van der Waals surface area contributed by atoms with Gasteiger partial charge in [0.2, 0.25) is 11.8 Å².